The van der Waals surface area contributed by atoms with Crippen LogP contribution in [0.1, 0.15) is 52.4 Å². The Balaban J connectivity index is 1.81. The summed E-state index contributed by atoms with van der Waals surface area (Å²) in [5.41, 5.74) is -0.294. The Morgan fingerprint density at radius 2 is 2.00 bits per heavy atom. The molecule has 0 amide bonds. The van der Waals surface area contributed by atoms with Crippen molar-refractivity contribution in [2.45, 2.75) is 64.0 Å². The normalized spacial score (nSPS) is 31.6. The fourth-order valence-electron chi connectivity index (χ4n) is 3.27. The van der Waals surface area contributed by atoms with E-state index < -0.39 is 0 Å². The summed E-state index contributed by atoms with van der Waals surface area (Å²) in [5, 5.41) is 10.4. The van der Waals surface area contributed by atoms with Crippen LogP contribution in [-0.4, -0.2) is 34.7 Å². The molecule has 0 aromatic heterocycles. The summed E-state index contributed by atoms with van der Waals surface area (Å²) in [6, 6.07) is 0.674. The highest BCUT2D eigenvalue weighted by atomic mass is 16.3. The lowest BCUT2D eigenvalue weighted by Gasteiger charge is -2.26. The van der Waals surface area contributed by atoms with Gasteiger partial charge in [-0.2, -0.15) is 0 Å². The fourth-order valence-corrected chi connectivity index (χ4v) is 3.27. The van der Waals surface area contributed by atoms with Gasteiger partial charge in [0.15, 0.2) is 0 Å². The summed E-state index contributed by atoms with van der Waals surface area (Å²) >= 11 is 0. The zero-order chi connectivity index (χ0) is 10.9. The Bertz CT molecular complexity index is 209. The quantitative estimate of drug-likeness (QED) is 0.775. The molecular weight excluding hydrogens is 186 g/mol. The van der Waals surface area contributed by atoms with E-state index in [1.807, 2.05) is 0 Å². The van der Waals surface area contributed by atoms with Gasteiger partial charge in [0.1, 0.15) is 0 Å². The second-order valence-electron chi connectivity index (χ2n) is 5.88. The summed E-state index contributed by atoms with van der Waals surface area (Å²) in [7, 11) is 0. The van der Waals surface area contributed by atoms with E-state index in [0.717, 1.165) is 25.2 Å². The Labute approximate surface area is 93.7 Å². The lowest BCUT2D eigenvalue weighted by atomic mass is 9.88. The Morgan fingerprint density at radius 1 is 1.33 bits per heavy atom. The maximum Gasteiger partial charge on any atom is 0.0651 e. The molecule has 0 aromatic carbocycles. The molecule has 1 aliphatic carbocycles. The van der Waals surface area contributed by atoms with Gasteiger partial charge in [-0.25, -0.2) is 0 Å². The number of hydrogen-bond donors (Lipinski definition) is 1. The van der Waals surface area contributed by atoms with Crippen LogP contribution >= 0.6 is 0 Å². The molecule has 2 nitrogen and oxygen atoms in total. The van der Waals surface area contributed by atoms with Crippen LogP contribution in [0.5, 0.6) is 0 Å². The Morgan fingerprint density at radius 3 is 2.53 bits per heavy atom. The van der Waals surface area contributed by atoms with Gasteiger partial charge < -0.3 is 10.0 Å². The minimum atomic E-state index is -0.294. The Kier molecular flexibility index (Phi) is 3.36. The molecule has 1 saturated carbocycles. The first-order valence-electron chi connectivity index (χ1n) is 6.55. The van der Waals surface area contributed by atoms with Crippen LogP contribution in [-0.2, 0) is 0 Å². The number of rotatable bonds is 3. The molecule has 15 heavy (non-hydrogen) atoms. The molecule has 2 aliphatic rings. The summed E-state index contributed by atoms with van der Waals surface area (Å²) in [5.74, 6) is 0.746. The first kappa shape index (κ1) is 11.4. The largest absolute Gasteiger partial charge is 0.390 e. The van der Waals surface area contributed by atoms with Gasteiger partial charge in [0.05, 0.1) is 5.60 Å². The van der Waals surface area contributed by atoms with Crippen molar-refractivity contribution in [1.82, 2.24) is 4.90 Å². The van der Waals surface area contributed by atoms with Crippen molar-refractivity contribution < 1.29 is 5.11 Å². The van der Waals surface area contributed by atoms with Crippen molar-refractivity contribution in [2.75, 3.05) is 13.1 Å². The molecule has 88 valence electrons. The average molecular weight is 211 g/mol. The van der Waals surface area contributed by atoms with E-state index in [1.54, 1.807) is 0 Å². The van der Waals surface area contributed by atoms with Crippen LogP contribution in [0.2, 0.25) is 0 Å². The zero-order valence-electron chi connectivity index (χ0n) is 10.2. The molecule has 2 heteroatoms. The standard InChI is InChI=1S/C13H25NO/c1-11(2)14-8-5-12(10-14)9-13(15)6-3-4-7-13/h11-12,15H,3-10H2,1-2H3. The van der Waals surface area contributed by atoms with E-state index >= 15 is 0 Å². The van der Waals surface area contributed by atoms with Crippen LogP contribution in [0.3, 0.4) is 0 Å². The van der Waals surface area contributed by atoms with Crippen LogP contribution in [0.25, 0.3) is 0 Å². The number of aliphatic hydroxyl groups is 1. The number of nitrogens with zero attached hydrogens (tertiary/aromatic N) is 1. The first-order chi connectivity index (χ1) is 7.09. The van der Waals surface area contributed by atoms with E-state index in [9.17, 15) is 5.11 Å². The van der Waals surface area contributed by atoms with E-state index in [4.69, 9.17) is 0 Å². The van der Waals surface area contributed by atoms with E-state index in [-0.39, 0.29) is 5.60 Å². The van der Waals surface area contributed by atoms with Crippen molar-refractivity contribution in [3.8, 4) is 0 Å². The highest BCUT2D eigenvalue weighted by molar-refractivity contribution is 4.89. The molecule has 1 saturated heterocycles. The van der Waals surface area contributed by atoms with Crippen LogP contribution < -0.4 is 0 Å². The number of likely N-dealkylation sites (tertiary alicyclic amines) is 1. The minimum absolute atomic E-state index is 0.294. The molecule has 0 spiro atoms. The highest BCUT2D eigenvalue weighted by Crippen LogP contribution is 2.37. The van der Waals surface area contributed by atoms with Crippen LogP contribution in [0.15, 0.2) is 0 Å². The second-order valence-corrected chi connectivity index (χ2v) is 5.88. The molecule has 0 aromatic rings. The van der Waals surface area contributed by atoms with Gasteiger partial charge >= 0.3 is 0 Å². The van der Waals surface area contributed by atoms with Gasteiger partial charge in [0.25, 0.3) is 0 Å². The predicted molar refractivity (Wildman–Crippen MR) is 62.9 cm³/mol. The van der Waals surface area contributed by atoms with Crippen LogP contribution in [0, 0.1) is 5.92 Å². The molecule has 1 N–H and O–H groups in total. The molecule has 1 aliphatic heterocycles. The van der Waals surface area contributed by atoms with Crippen molar-refractivity contribution in [3.63, 3.8) is 0 Å². The van der Waals surface area contributed by atoms with Crippen molar-refractivity contribution in [3.05, 3.63) is 0 Å². The smallest absolute Gasteiger partial charge is 0.0651 e. The molecule has 0 bridgehead atoms. The van der Waals surface area contributed by atoms with Crippen molar-refractivity contribution in [2.24, 2.45) is 5.92 Å². The van der Waals surface area contributed by atoms with Gasteiger partial charge in [-0.3, -0.25) is 0 Å². The molecular formula is C13H25NO. The zero-order valence-corrected chi connectivity index (χ0v) is 10.2. The predicted octanol–water partition coefficient (Wildman–Crippen LogP) is 2.41. The fraction of sp³-hybridized carbons (Fsp3) is 1.00. The van der Waals surface area contributed by atoms with Crippen molar-refractivity contribution in [1.29, 1.82) is 0 Å². The molecule has 1 heterocycles. The summed E-state index contributed by atoms with van der Waals surface area (Å²) < 4.78 is 0. The average Bonchev–Trinajstić information content (AvgIpc) is 2.75. The molecule has 0 radical (unpaired) electrons. The lowest BCUT2D eigenvalue weighted by Crippen LogP contribution is -2.31. The minimum Gasteiger partial charge on any atom is -0.390 e. The lowest BCUT2D eigenvalue weighted by molar-refractivity contribution is 0.0228. The van der Waals surface area contributed by atoms with E-state index in [2.05, 4.69) is 18.7 Å². The van der Waals surface area contributed by atoms with Gasteiger partial charge in [-0.05, 0) is 52.0 Å². The first-order valence-corrected chi connectivity index (χ1v) is 6.55. The number of hydrogen-bond acceptors (Lipinski definition) is 2. The molecule has 2 fully saturated rings. The van der Waals surface area contributed by atoms with Gasteiger partial charge in [-0.15, -0.1) is 0 Å². The highest BCUT2D eigenvalue weighted by Gasteiger charge is 2.36. The Hall–Kier alpha value is -0.0800. The monoisotopic (exact) mass is 211 g/mol. The summed E-state index contributed by atoms with van der Waals surface area (Å²) in [4.78, 5) is 2.54. The van der Waals surface area contributed by atoms with Gasteiger partial charge in [0.2, 0.25) is 0 Å². The topological polar surface area (TPSA) is 23.5 Å². The molecule has 2 rings (SSSR count). The summed E-state index contributed by atoms with van der Waals surface area (Å²) in [6.07, 6.45) is 6.90. The maximum atomic E-state index is 10.4. The van der Waals surface area contributed by atoms with Crippen LogP contribution in [0.4, 0.5) is 0 Å². The third-order valence-corrected chi connectivity index (χ3v) is 4.25. The second kappa shape index (κ2) is 4.42. The molecule has 1 atom stereocenters. The third kappa shape index (κ3) is 2.73. The van der Waals surface area contributed by atoms with E-state index in [0.29, 0.717) is 6.04 Å². The van der Waals surface area contributed by atoms with Gasteiger partial charge in [0, 0.05) is 12.6 Å². The van der Waals surface area contributed by atoms with Crippen molar-refractivity contribution >= 4 is 0 Å². The molecule has 1 unspecified atom stereocenters. The van der Waals surface area contributed by atoms with Gasteiger partial charge in [-0.1, -0.05) is 12.8 Å². The third-order valence-electron chi connectivity index (χ3n) is 4.25. The summed E-state index contributed by atoms with van der Waals surface area (Å²) in [6.45, 7) is 6.98. The maximum absolute atomic E-state index is 10.4. The van der Waals surface area contributed by atoms with E-state index in [1.165, 1.54) is 32.4 Å². The SMILES string of the molecule is CC(C)N1CCC(CC2(O)CCCC2)C1.